The highest BCUT2D eigenvalue weighted by atomic mass is 16.3. The topological polar surface area (TPSA) is 51.2 Å². The van der Waals surface area contributed by atoms with Gasteiger partial charge in [0.1, 0.15) is 11.3 Å². The van der Waals surface area contributed by atoms with Crippen LogP contribution in [-0.4, -0.2) is 13.1 Å². The van der Waals surface area contributed by atoms with Crippen molar-refractivity contribution in [2.75, 3.05) is 13.1 Å². The molecule has 2 aromatic rings. The summed E-state index contributed by atoms with van der Waals surface area (Å²) in [7, 11) is 0. The van der Waals surface area contributed by atoms with Gasteiger partial charge in [-0.25, -0.2) is 0 Å². The van der Waals surface area contributed by atoms with Gasteiger partial charge in [-0.05, 0) is 13.0 Å². The average Bonchev–Trinajstić information content (AvgIpc) is 2.56. The van der Waals surface area contributed by atoms with Gasteiger partial charge < -0.3 is 15.5 Å². The lowest BCUT2D eigenvalue weighted by Gasteiger charge is -2.01. The van der Waals surface area contributed by atoms with Gasteiger partial charge in [0.15, 0.2) is 0 Å². The zero-order chi connectivity index (χ0) is 10.7. The second-order valence-corrected chi connectivity index (χ2v) is 3.60. The average molecular weight is 204 g/mol. The van der Waals surface area contributed by atoms with Crippen molar-refractivity contribution < 1.29 is 4.42 Å². The van der Waals surface area contributed by atoms with Crippen LogP contribution in [-0.2, 0) is 6.54 Å². The molecule has 0 aliphatic rings. The Kier molecular flexibility index (Phi) is 3.04. The second-order valence-electron chi connectivity index (χ2n) is 3.60. The number of nitrogens with two attached hydrogens (primary N) is 1. The van der Waals surface area contributed by atoms with Gasteiger partial charge in [0.05, 0.1) is 0 Å². The largest absolute Gasteiger partial charge is 0.461 e. The molecule has 1 aromatic carbocycles. The smallest absolute Gasteiger partial charge is 0.134 e. The lowest BCUT2D eigenvalue weighted by Crippen LogP contribution is -2.22. The van der Waals surface area contributed by atoms with Crippen molar-refractivity contribution in [1.29, 1.82) is 0 Å². The molecule has 0 atom stereocenters. The summed E-state index contributed by atoms with van der Waals surface area (Å²) < 4.78 is 5.66. The maximum atomic E-state index is 5.66. The van der Waals surface area contributed by atoms with E-state index in [1.807, 2.05) is 25.1 Å². The van der Waals surface area contributed by atoms with Gasteiger partial charge in [0, 0.05) is 30.6 Å². The van der Waals surface area contributed by atoms with Crippen molar-refractivity contribution in [3.8, 4) is 0 Å². The summed E-state index contributed by atoms with van der Waals surface area (Å²) >= 11 is 0. The number of benzene rings is 1. The molecule has 0 radical (unpaired) electrons. The van der Waals surface area contributed by atoms with Crippen molar-refractivity contribution in [2.45, 2.75) is 13.5 Å². The van der Waals surface area contributed by atoms with Crippen LogP contribution in [0.3, 0.4) is 0 Å². The Labute approximate surface area is 89.3 Å². The summed E-state index contributed by atoms with van der Waals surface area (Å²) in [6.45, 7) is 4.31. The third-order valence-electron chi connectivity index (χ3n) is 2.52. The van der Waals surface area contributed by atoms with Gasteiger partial charge in [-0.2, -0.15) is 0 Å². The second kappa shape index (κ2) is 4.47. The van der Waals surface area contributed by atoms with Crippen LogP contribution < -0.4 is 11.1 Å². The first kappa shape index (κ1) is 10.2. The lowest BCUT2D eigenvalue weighted by atomic mass is 10.1. The summed E-state index contributed by atoms with van der Waals surface area (Å²) in [6.07, 6.45) is 0. The standard InChI is InChI=1S/C12H16N2O/c1-9-11(8-14-7-6-13)10-4-2-3-5-12(10)15-9/h2-5,14H,6-8,13H2,1H3. The van der Waals surface area contributed by atoms with Crippen LogP contribution in [0.4, 0.5) is 0 Å². The number of aryl methyl sites for hydroxylation is 1. The van der Waals surface area contributed by atoms with Crippen molar-refractivity contribution >= 4 is 11.0 Å². The molecule has 0 unspecified atom stereocenters. The molecule has 0 saturated heterocycles. The van der Waals surface area contributed by atoms with E-state index in [1.54, 1.807) is 0 Å². The van der Waals surface area contributed by atoms with Gasteiger partial charge in [-0.1, -0.05) is 18.2 Å². The monoisotopic (exact) mass is 204 g/mol. The number of hydrogen-bond donors (Lipinski definition) is 2. The van der Waals surface area contributed by atoms with Gasteiger partial charge in [0.25, 0.3) is 0 Å². The fourth-order valence-electron chi connectivity index (χ4n) is 1.76. The fourth-order valence-corrected chi connectivity index (χ4v) is 1.76. The normalized spacial score (nSPS) is 11.1. The number of nitrogens with one attached hydrogen (secondary N) is 1. The van der Waals surface area contributed by atoms with Gasteiger partial charge in [0.2, 0.25) is 0 Å². The zero-order valence-corrected chi connectivity index (χ0v) is 8.92. The highest BCUT2D eigenvalue weighted by molar-refractivity contribution is 5.82. The molecule has 3 heteroatoms. The number of para-hydroxylation sites is 1. The molecule has 0 aliphatic heterocycles. The SMILES string of the molecule is Cc1oc2ccccc2c1CNCCN. The molecule has 3 N–H and O–H groups in total. The Balaban J connectivity index is 2.28. The molecule has 1 heterocycles. The predicted molar refractivity (Wildman–Crippen MR) is 61.7 cm³/mol. The fraction of sp³-hybridized carbons (Fsp3) is 0.333. The van der Waals surface area contributed by atoms with E-state index in [1.165, 1.54) is 10.9 Å². The van der Waals surface area contributed by atoms with Gasteiger partial charge >= 0.3 is 0 Å². The summed E-state index contributed by atoms with van der Waals surface area (Å²) in [5.74, 6) is 0.987. The van der Waals surface area contributed by atoms with Crippen LogP contribution in [0.2, 0.25) is 0 Å². The number of rotatable bonds is 4. The first-order chi connectivity index (χ1) is 7.33. The molecule has 0 spiro atoms. The van der Waals surface area contributed by atoms with Crippen molar-refractivity contribution in [2.24, 2.45) is 5.73 Å². The van der Waals surface area contributed by atoms with E-state index in [4.69, 9.17) is 10.2 Å². The molecule has 80 valence electrons. The quantitative estimate of drug-likeness (QED) is 0.746. The third kappa shape index (κ3) is 2.03. The minimum absolute atomic E-state index is 0.662. The van der Waals surface area contributed by atoms with Crippen LogP contribution in [0.25, 0.3) is 11.0 Å². The molecular weight excluding hydrogens is 188 g/mol. The zero-order valence-electron chi connectivity index (χ0n) is 8.92. The highest BCUT2D eigenvalue weighted by Gasteiger charge is 2.08. The Bertz CT molecular complexity index is 448. The van der Waals surface area contributed by atoms with Crippen molar-refractivity contribution in [3.63, 3.8) is 0 Å². The minimum Gasteiger partial charge on any atom is -0.461 e. The molecule has 0 bridgehead atoms. The molecular formula is C12H16N2O. The molecule has 2 rings (SSSR count). The Morgan fingerprint density at radius 3 is 2.93 bits per heavy atom. The Hall–Kier alpha value is -1.32. The lowest BCUT2D eigenvalue weighted by molar-refractivity contribution is 0.565. The molecule has 0 amide bonds. The van der Waals surface area contributed by atoms with Crippen LogP contribution in [0.15, 0.2) is 28.7 Å². The molecule has 0 aliphatic carbocycles. The summed E-state index contributed by atoms with van der Waals surface area (Å²) in [4.78, 5) is 0. The summed E-state index contributed by atoms with van der Waals surface area (Å²) in [5.41, 5.74) is 7.63. The Morgan fingerprint density at radius 2 is 2.13 bits per heavy atom. The van der Waals surface area contributed by atoms with Crippen LogP contribution >= 0.6 is 0 Å². The molecule has 1 aromatic heterocycles. The van der Waals surface area contributed by atoms with Crippen LogP contribution in [0.1, 0.15) is 11.3 Å². The summed E-state index contributed by atoms with van der Waals surface area (Å²) in [5, 5.41) is 4.48. The van der Waals surface area contributed by atoms with E-state index in [0.29, 0.717) is 6.54 Å². The Morgan fingerprint density at radius 1 is 1.33 bits per heavy atom. The highest BCUT2D eigenvalue weighted by Crippen LogP contribution is 2.24. The van der Waals surface area contributed by atoms with Crippen molar-refractivity contribution in [1.82, 2.24) is 5.32 Å². The van der Waals surface area contributed by atoms with E-state index < -0.39 is 0 Å². The van der Waals surface area contributed by atoms with E-state index in [-0.39, 0.29) is 0 Å². The third-order valence-corrected chi connectivity index (χ3v) is 2.52. The van der Waals surface area contributed by atoms with E-state index in [9.17, 15) is 0 Å². The maximum Gasteiger partial charge on any atom is 0.134 e. The number of fused-ring (bicyclic) bond motifs is 1. The van der Waals surface area contributed by atoms with Gasteiger partial charge in [-0.15, -0.1) is 0 Å². The first-order valence-corrected chi connectivity index (χ1v) is 5.20. The number of furan rings is 1. The van der Waals surface area contributed by atoms with E-state index in [2.05, 4.69) is 11.4 Å². The van der Waals surface area contributed by atoms with Crippen molar-refractivity contribution in [3.05, 3.63) is 35.6 Å². The predicted octanol–water partition coefficient (Wildman–Crippen LogP) is 1.79. The first-order valence-electron chi connectivity index (χ1n) is 5.20. The van der Waals surface area contributed by atoms with Gasteiger partial charge in [-0.3, -0.25) is 0 Å². The molecule has 3 nitrogen and oxygen atoms in total. The number of hydrogen-bond acceptors (Lipinski definition) is 3. The molecule has 0 saturated carbocycles. The van der Waals surface area contributed by atoms with Crippen LogP contribution in [0.5, 0.6) is 0 Å². The molecule has 15 heavy (non-hydrogen) atoms. The van der Waals surface area contributed by atoms with E-state index >= 15 is 0 Å². The maximum absolute atomic E-state index is 5.66. The summed E-state index contributed by atoms with van der Waals surface area (Å²) in [6, 6.07) is 8.10. The molecule has 0 fully saturated rings. The van der Waals surface area contributed by atoms with Crippen LogP contribution in [0, 0.1) is 6.92 Å². The van der Waals surface area contributed by atoms with E-state index in [0.717, 1.165) is 24.4 Å². The minimum atomic E-state index is 0.662.